The molecule has 1 aromatic carbocycles. The lowest BCUT2D eigenvalue weighted by atomic mass is 9.97. The van der Waals surface area contributed by atoms with Gasteiger partial charge in [0.05, 0.1) is 18.8 Å². The third-order valence-corrected chi connectivity index (χ3v) is 3.86. The van der Waals surface area contributed by atoms with Gasteiger partial charge in [0.25, 0.3) is 0 Å². The third-order valence-electron chi connectivity index (χ3n) is 3.86. The van der Waals surface area contributed by atoms with E-state index in [0.29, 0.717) is 18.7 Å². The summed E-state index contributed by atoms with van der Waals surface area (Å²) in [7, 11) is 0. The summed E-state index contributed by atoms with van der Waals surface area (Å²) in [5, 5.41) is 3.17. The molecule has 0 aliphatic heterocycles. The van der Waals surface area contributed by atoms with Crippen molar-refractivity contribution in [3.8, 4) is 0 Å². The molecule has 0 aromatic heterocycles. The standard InChI is InChI=1S/C16H23F2NO/c1-2-19-15(11-20-12-7-4-3-5-8-12)13-9-6-10-14(17)16(13)18/h6,9-10,12,15,19H,2-5,7-8,11H2,1H3. The molecule has 0 bridgehead atoms. The van der Waals surface area contributed by atoms with Gasteiger partial charge in [-0.05, 0) is 25.5 Å². The lowest BCUT2D eigenvalue weighted by Gasteiger charge is -2.26. The number of rotatable bonds is 6. The molecule has 0 heterocycles. The fourth-order valence-corrected chi connectivity index (χ4v) is 2.76. The highest BCUT2D eigenvalue weighted by Crippen LogP contribution is 2.24. The van der Waals surface area contributed by atoms with Gasteiger partial charge in [0, 0.05) is 5.56 Å². The first kappa shape index (κ1) is 15.4. The van der Waals surface area contributed by atoms with Gasteiger partial charge in [-0.2, -0.15) is 0 Å². The summed E-state index contributed by atoms with van der Waals surface area (Å²) in [6.07, 6.45) is 6.08. The Morgan fingerprint density at radius 2 is 2.00 bits per heavy atom. The first-order valence-electron chi connectivity index (χ1n) is 7.51. The van der Waals surface area contributed by atoms with E-state index in [-0.39, 0.29) is 12.1 Å². The van der Waals surface area contributed by atoms with Gasteiger partial charge >= 0.3 is 0 Å². The van der Waals surface area contributed by atoms with Crippen molar-refractivity contribution < 1.29 is 13.5 Å². The fraction of sp³-hybridized carbons (Fsp3) is 0.625. The van der Waals surface area contributed by atoms with Crippen molar-refractivity contribution in [2.24, 2.45) is 0 Å². The van der Waals surface area contributed by atoms with E-state index in [1.54, 1.807) is 12.1 Å². The van der Waals surface area contributed by atoms with Crippen LogP contribution in [0.3, 0.4) is 0 Å². The van der Waals surface area contributed by atoms with Crippen LogP contribution in [0.15, 0.2) is 18.2 Å². The smallest absolute Gasteiger partial charge is 0.163 e. The zero-order valence-electron chi connectivity index (χ0n) is 12.0. The Hall–Kier alpha value is -1.00. The Bertz CT molecular complexity index is 419. The minimum Gasteiger partial charge on any atom is -0.376 e. The number of nitrogens with one attached hydrogen (secondary N) is 1. The van der Waals surface area contributed by atoms with E-state index < -0.39 is 11.6 Å². The quantitative estimate of drug-likeness (QED) is 0.853. The molecule has 0 saturated heterocycles. The summed E-state index contributed by atoms with van der Waals surface area (Å²) in [5.41, 5.74) is 0.350. The van der Waals surface area contributed by atoms with Crippen LogP contribution in [0.2, 0.25) is 0 Å². The number of likely N-dealkylation sites (N-methyl/N-ethyl adjacent to an activating group) is 1. The second-order valence-corrected chi connectivity index (χ2v) is 5.35. The van der Waals surface area contributed by atoms with Crippen LogP contribution < -0.4 is 5.32 Å². The van der Waals surface area contributed by atoms with E-state index in [4.69, 9.17) is 4.74 Å². The van der Waals surface area contributed by atoms with Crippen LogP contribution in [0.25, 0.3) is 0 Å². The van der Waals surface area contributed by atoms with Gasteiger partial charge in [-0.25, -0.2) is 8.78 Å². The number of hydrogen-bond acceptors (Lipinski definition) is 2. The summed E-state index contributed by atoms with van der Waals surface area (Å²) in [6, 6.07) is 4.01. The summed E-state index contributed by atoms with van der Waals surface area (Å²) < 4.78 is 33.1. The lowest BCUT2D eigenvalue weighted by molar-refractivity contribution is 0.0152. The molecule has 0 spiro atoms. The molecule has 2 rings (SSSR count). The van der Waals surface area contributed by atoms with E-state index in [2.05, 4.69) is 5.32 Å². The summed E-state index contributed by atoms with van der Waals surface area (Å²) >= 11 is 0. The Labute approximate surface area is 119 Å². The average molecular weight is 283 g/mol. The van der Waals surface area contributed by atoms with E-state index in [1.807, 2.05) is 6.92 Å². The third kappa shape index (κ3) is 4.00. The van der Waals surface area contributed by atoms with Crippen LogP contribution >= 0.6 is 0 Å². The zero-order valence-corrected chi connectivity index (χ0v) is 12.0. The molecule has 1 saturated carbocycles. The predicted octanol–water partition coefficient (Wildman–Crippen LogP) is 3.96. The molecule has 1 fully saturated rings. The molecule has 1 N–H and O–H groups in total. The van der Waals surface area contributed by atoms with Crippen molar-refractivity contribution in [3.05, 3.63) is 35.4 Å². The monoisotopic (exact) mass is 283 g/mol. The van der Waals surface area contributed by atoms with Crippen LogP contribution in [-0.2, 0) is 4.74 Å². The van der Waals surface area contributed by atoms with Crippen molar-refractivity contribution in [2.75, 3.05) is 13.2 Å². The van der Waals surface area contributed by atoms with Crippen molar-refractivity contribution in [3.63, 3.8) is 0 Å². The molecular weight excluding hydrogens is 260 g/mol. The van der Waals surface area contributed by atoms with Gasteiger partial charge in [0.1, 0.15) is 0 Å². The molecule has 1 aromatic rings. The Kier molecular flexibility index (Phi) is 5.92. The van der Waals surface area contributed by atoms with E-state index in [9.17, 15) is 8.78 Å². The normalized spacial score (nSPS) is 18.1. The average Bonchev–Trinajstić information content (AvgIpc) is 2.48. The zero-order chi connectivity index (χ0) is 14.4. The molecule has 112 valence electrons. The second kappa shape index (κ2) is 7.70. The van der Waals surface area contributed by atoms with Crippen molar-refractivity contribution >= 4 is 0 Å². The number of benzene rings is 1. The van der Waals surface area contributed by atoms with Crippen LogP contribution in [0.4, 0.5) is 8.78 Å². The van der Waals surface area contributed by atoms with Crippen LogP contribution in [0, 0.1) is 11.6 Å². The van der Waals surface area contributed by atoms with Crippen LogP contribution in [0.5, 0.6) is 0 Å². The molecule has 1 unspecified atom stereocenters. The maximum absolute atomic E-state index is 13.9. The summed E-state index contributed by atoms with van der Waals surface area (Å²) in [6.45, 7) is 3.03. The molecule has 1 atom stereocenters. The van der Waals surface area contributed by atoms with E-state index >= 15 is 0 Å². The molecule has 20 heavy (non-hydrogen) atoms. The first-order valence-corrected chi connectivity index (χ1v) is 7.51. The highest BCUT2D eigenvalue weighted by Gasteiger charge is 2.20. The lowest BCUT2D eigenvalue weighted by Crippen LogP contribution is -2.29. The Morgan fingerprint density at radius 1 is 1.25 bits per heavy atom. The fourth-order valence-electron chi connectivity index (χ4n) is 2.76. The van der Waals surface area contributed by atoms with Crippen LogP contribution in [-0.4, -0.2) is 19.3 Å². The van der Waals surface area contributed by atoms with Crippen molar-refractivity contribution in [1.29, 1.82) is 0 Å². The minimum atomic E-state index is -0.803. The molecule has 0 amide bonds. The van der Waals surface area contributed by atoms with Gasteiger partial charge in [-0.15, -0.1) is 0 Å². The number of ether oxygens (including phenoxy) is 1. The Balaban J connectivity index is 2.00. The highest BCUT2D eigenvalue weighted by atomic mass is 19.2. The minimum absolute atomic E-state index is 0.265. The van der Waals surface area contributed by atoms with Crippen LogP contribution in [0.1, 0.15) is 50.6 Å². The molecular formula is C16H23F2NO. The molecule has 0 radical (unpaired) electrons. The van der Waals surface area contributed by atoms with Crippen molar-refractivity contribution in [1.82, 2.24) is 5.32 Å². The molecule has 1 aliphatic carbocycles. The maximum Gasteiger partial charge on any atom is 0.163 e. The second-order valence-electron chi connectivity index (χ2n) is 5.35. The van der Waals surface area contributed by atoms with Gasteiger partial charge in [-0.3, -0.25) is 0 Å². The summed E-state index contributed by atoms with van der Waals surface area (Å²) in [5.74, 6) is -1.58. The van der Waals surface area contributed by atoms with E-state index in [1.165, 1.54) is 19.3 Å². The maximum atomic E-state index is 13.9. The first-order chi connectivity index (χ1) is 9.72. The SMILES string of the molecule is CCNC(COC1CCCCC1)c1cccc(F)c1F. The van der Waals surface area contributed by atoms with E-state index in [0.717, 1.165) is 18.9 Å². The van der Waals surface area contributed by atoms with Crippen molar-refractivity contribution in [2.45, 2.75) is 51.2 Å². The number of hydrogen-bond donors (Lipinski definition) is 1. The molecule has 1 aliphatic rings. The predicted molar refractivity (Wildman–Crippen MR) is 75.6 cm³/mol. The Morgan fingerprint density at radius 3 is 2.70 bits per heavy atom. The van der Waals surface area contributed by atoms with Gasteiger partial charge in [-0.1, -0.05) is 38.3 Å². The highest BCUT2D eigenvalue weighted by molar-refractivity contribution is 5.22. The topological polar surface area (TPSA) is 21.3 Å². The van der Waals surface area contributed by atoms with Gasteiger partial charge < -0.3 is 10.1 Å². The molecule has 4 heteroatoms. The van der Waals surface area contributed by atoms with Gasteiger partial charge in [0.15, 0.2) is 11.6 Å². The summed E-state index contributed by atoms with van der Waals surface area (Å²) in [4.78, 5) is 0. The number of halogens is 2. The van der Waals surface area contributed by atoms with Gasteiger partial charge in [0.2, 0.25) is 0 Å². The largest absolute Gasteiger partial charge is 0.376 e. The molecule has 2 nitrogen and oxygen atoms in total.